The Morgan fingerprint density at radius 3 is 2.20 bits per heavy atom. The third-order valence-corrected chi connectivity index (χ3v) is 5.85. The summed E-state index contributed by atoms with van der Waals surface area (Å²) in [5, 5.41) is 6.50. The fourth-order valence-electron chi connectivity index (χ4n) is 4.14. The lowest BCUT2D eigenvalue weighted by molar-refractivity contribution is -0.119. The Morgan fingerprint density at radius 1 is 0.943 bits per heavy atom. The standard InChI is InChI=1S/C28H35N3O4/c1-16-11-17(2)27(18(3)12-16)35-28-20(5)23(13-19(4)30-28)31-24(15-29-21(6)32)22-9-10-25(33-7)26(14-22)34-8/h9-14,24H,15H2,1-8H3,(H,29,32)(H,30,31). The van der Waals surface area contributed by atoms with Gasteiger partial charge in [-0.2, -0.15) is 0 Å². The Bertz CT molecular complexity index is 1200. The number of aromatic nitrogens is 1. The zero-order valence-corrected chi connectivity index (χ0v) is 21.8. The van der Waals surface area contributed by atoms with Crippen LogP contribution in [-0.4, -0.2) is 31.7 Å². The molecule has 3 aromatic rings. The van der Waals surface area contributed by atoms with E-state index in [0.29, 0.717) is 23.9 Å². The van der Waals surface area contributed by atoms with Crippen molar-refractivity contribution >= 4 is 11.6 Å². The van der Waals surface area contributed by atoms with Crippen molar-refractivity contribution in [3.63, 3.8) is 0 Å². The quantitative estimate of drug-likeness (QED) is 0.410. The van der Waals surface area contributed by atoms with Crippen LogP contribution in [0.2, 0.25) is 0 Å². The number of anilines is 1. The first-order valence-corrected chi connectivity index (χ1v) is 11.6. The smallest absolute Gasteiger partial charge is 0.224 e. The highest BCUT2D eigenvalue weighted by Crippen LogP contribution is 2.36. The fourth-order valence-corrected chi connectivity index (χ4v) is 4.14. The third-order valence-electron chi connectivity index (χ3n) is 5.85. The maximum atomic E-state index is 11.7. The number of benzene rings is 2. The van der Waals surface area contributed by atoms with E-state index in [9.17, 15) is 4.79 Å². The third kappa shape index (κ3) is 6.23. The molecule has 1 amide bonds. The lowest BCUT2D eigenvalue weighted by atomic mass is 10.0. The summed E-state index contributed by atoms with van der Waals surface area (Å²) in [6.07, 6.45) is 0. The van der Waals surface area contributed by atoms with Crippen molar-refractivity contribution < 1.29 is 19.0 Å². The molecular formula is C28H35N3O4. The van der Waals surface area contributed by atoms with Gasteiger partial charge in [-0.05, 0) is 69.5 Å². The summed E-state index contributed by atoms with van der Waals surface area (Å²) in [6, 6.07) is 11.7. The number of nitrogens with one attached hydrogen (secondary N) is 2. The molecule has 1 unspecified atom stereocenters. The van der Waals surface area contributed by atoms with E-state index in [1.54, 1.807) is 14.2 Å². The average Bonchev–Trinajstić information content (AvgIpc) is 2.80. The van der Waals surface area contributed by atoms with E-state index in [2.05, 4.69) is 34.7 Å². The maximum absolute atomic E-state index is 11.7. The van der Waals surface area contributed by atoms with Crippen LogP contribution < -0.4 is 24.8 Å². The van der Waals surface area contributed by atoms with Crippen molar-refractivity contribution in [1.29, 1.82) is 0 Å². The molecule has 1 atom stereocenters. The van der Waals surface area contributed by atoms with Crippen LogP contribution in [0, 0.1) is 34.6 Å². The normalized spacial score (nSPS) is 11.5. The number of nitrogens with zero attached hydrogens (tertiary/aromatic N) is 1. The van der Waals surface area contributed by atoms with Crippen LogP contribution in [0.3, 0.4) is 0 Å². The van der Waals surface area contributed by atoms with Crippen LogP contribution in [0.4, 0.5) is 5.69 Å². The molecule has 35 heavy (non-hydrogen) atoms. The van der Waals surface area contributed by atoms with E-state index in [4.69, 9.17) is 14.2 Å². The van der Waals surface area contributed by atoms with Gasteiger partial charge in [0.15, 0.2) is 11.5 Å². The summed E-state index contributed by atoms with van der Waals surface area (Å²) in [7, 11) is 3.21. The van der Waals surface area contributed by atoms with E-state index >= 15 is 0 Å². The number of hydrogen-bond donors (Lipinski definition) is 2. The van der Waals surface area contributed by atoms with Crippen molar-refractivity contribution in [3.8, 4) is 23.1 Å². The van der Waals surface area contributed by atoms with Gasteiger partial charge >= 0.3 is 0 Å². The number of amides is 1. The van der Waals surface area contributed by atoms with E-state index in [0.717, 1.165) is 39.4 Å². The van der Waals surface area contributed by atoms with Gasteiger partial charge in [0.1, 0.15) is 5.75 Å². The van der Waals surface area contributed by atoms with Crippen LogP contribution >= 0.6 is 0 Å². The van der Waals surface area contributed by atoms with E-state index in [1.807, 2.05) is 52.0 Å². The first-order chi connectivity index (χ1) is 16.6. The number of aryl methyl sites for hydroxylation is 4. The number of rotatable bonds is 9. The van der Waals surface area contributed by atoms with Crippen LogP contribution in [0.15, 0.2) is 36.4 Å². The molecule has 1 heterocycles. The van der Waals surface area contributed by atoms with Gasteiger partial charge in [-0.25, -0.2) is 4.98 Å². The predicted octanol–water partition coefficient (Wildman–Crippen LogP) is 5.72. The Morgan fingerprint density at radius 2 is 1.60 bits per heavy atom. The second kappa shape index (κ2) is 11.1. The van der Waals surface area contributed by atoms with Gasteiger partial charge in [0.2, 0.25) is 11.8 Å². The summed E-state index contributed by atoms with van der Waals surface area (Å²) in [5.74, 6) is 2.53. The molecule has 0 aliphatic rings. The van der Waals surface area contributed by atoms with Gasteiger partial charge in [0, 0.05) is 30.4 Å². The molecule has 0 saturated heterocycles. The number of ether oxygens (including phenoxy) is 3. The molecule has 0 aliphatic carbocycles. The van der Waals surface area contributed by atoms with Crippen molar-refractivity contribution in [3.05, 3.63) is 69.9 Å². The topological polar surface area (TPSA) is 81.7 Å². The van der Waals surface area contributed by atoms with Crippen LogP contribution in [0.25, 0.3) is 0 Å². The Hall–Kier alpha value is -3.74. The number of carbonyl (C=O) groups is 1. The highest BCUT2D eigenvalue weighted by molar-refractivity contribution is 5.73. The van der Waals surface area contributed by atoms with Crippen molar-refractivity contribution in [2.24, 2.45) is 0 Å². The van der Waals surface area contributed by atoms with Gasteiger partial charge in [0.25, 0.3) is 0 Å². The Balaban J connectivity index is 1.99. The second-order valence-electron chi connectivity index (χ2n) is 8.82. The molecule has 2 aromatic carbocycles. The van der Waals surface area contributed by atoms with Crippen LogP contribution in [0.5, 0.6) is 23.1 Å². The molecule has 0 spiro atoms. The van der Waals surface area contributed by atoms with Gasteiger partial charge in [-0.1, -0.05) is 23.8 Å². The monoisotopic (exact) mass is 477 g/mol. The first-order valence-electron chi connectivity index (χ1n) is 11.6. The average molecular weight is 478 g/mol. The van der Waals surface area contributed by atoms with Crippen LogP contribution in [-0.2, 0) is 4.79 Å². The van der Waals surface area contributed by atoms with E-state index < -0.39 is 0 Å². The Kier molecular flexibility index (Phi) is 8.22. The van der Waals surface area contributed by atoms with Crippen molar-refractivity contribution in [2.45, 2.75) is 47.6 Å². The summed E-state index contributed by atoms with van der Waals surface area (Å²) >= 11 is 0. The van der Waals surface area contributed by atoms with Crippen molar-refractivity contribution in [1.82, 2.24) is 10.3 Å². The zero-order valence-electron chi connectivity index (χ0n) is 21.8. The molecule has 186 valence electrons. The van der Waals surface area contributed by atoms with Crippen LogP contribution in [0.1, 0.15) is 46.5 Å². The fraction of sp³-hybridized carbons (Fsp3) is 0.357. The molecule has 0 saturated carbocycles. The first kappa shape index (κ1) is 25.9. The largest absolute Gasteiger partial charge is 0.493 e. The predicted molar refractivity (Wildman–Crippen MR) is 139 cm³/mol. The Labute approximate surface area is 207 Å². The minimum Gasteiger partial charge on any atom is -0.493 e. The lowest BCUT2D eigenvalue weighted by Gasteiger charge is -2.24. The number of carbonyl (C=O) groups excluding carboxylic acids is 1. The molecule has 0 aliphatic heterocycles. The molecule has 1 aromatic heterocycles. The second-order valence-corrected chi connectivity index (χ2v) is 8.82. The SMILES string of the molecule is COc1ccc(C(CNC(C)=O)Nc2cc(C)nc(Oc3c(C)cc(C)cc3C)c2C)cc1OC. The number of hydrogen-bond acceptors (Lipinski definition) is 6. The molecule has 0 fully saturated rings. The zero-order chi connectivity index (χ0) is 25.7. The minimum atomic E-state index is -0.227. The molecule has 3 rings (SSSR count). The molecular weight excluding hydrogens is 442 g/mol. The highest BCUT2D eigenvalue weighted by Gasteiger charge is 2.19. The van der Waals surface area contributed by atoms with Gasteiger partial charge in [-0.15, -0.1) is 0 Å². The summed E-state index contributed by atoms with van der Waals surface area (Å²) < 4.78 is 17.2. The highest BCUT2D eigenvalue weighted by atomic mass is 16.5. The molecule has 0 bridgehead atoms. The summed E-state index contributed by atoms with van der Waals surface area (Å²) in [4.78, 5) is 16.4. The maximum Gasteiger partial charge on any atom is 0.224 e. The summed E-state index contributed by atoms with van der Waals surface area (Å²) in [6.45, 7) is 12.0. The minimum absolute atomic E-state index is 0.103. The van der Waals surface area contributed by atoms with Crippen molar-refractivity contribution in [2.75, 3.05) is 26.1 Å². The van der Waals surface area contributed by atoms with Gasteiger partial charge < -0.3 is 24.8 Å². The molecule has 0 radical (unpaired) electrons. The van der Waals surface area contributed by atoms with E-state index in [1.165, 1.54) is 12.5 Å². The molecule has 2 N–H and O–H groups in total. The lowest BCUT2D eigenvalue weighted by Crippen LogP contribution is -2.30. The van der Waals surface area contributed by atoms with E-state index in [-0.39, 0.29) is 11.9 Å². The molecule has 7 nitrogen and oxygen atoms in total. The summed E-state index contributed by atoms with van der Waals surface area (Å²) in [5.41, 5.74) is 6.84. The van der Waals surface area contributed by atoms with Gasteiger partial charge in [-0.3, -0.25) is 4.79 Å². The number of methoxy groups -OCH3 is 2. The number of pyridine rings is 1. The molecule has 7 heteroatoms. The van der Waals surface area contributed by atoms with Gasteiger partial charge in [0.05, 0.1) is 20.3 Å².